The fourth-order valence-electron chi connectivity index (χ4n) is 2.38. The number of nitriles is 1. The Morgan fingerprint density at radius 1 is 1.15 bits per heavy atom. The molecule has 0 unspecified atom stereocenters. The van der Waals surface area contributed by atoms with Gasteiger partial charge < -0.3 is 4.42 Å². The first-order valence-corrected chi connectivity index (χ1v) is 8.15. The van der Waals surface area contributed by atoms with E-state index in [-0.39, 0.29) is 5.69 Å². The van der Waals surface area contributed by atoms with Crippen molar-refractivity contribution in [3.05, 3.63) is 86.1 Å². The summed E-state index contributed by atoms with van der Waals surface area (Å²) in [6.45, 7) is 0. The van der Waals surface area contributed by atoms with E-state index in [9.17, 15) is 15.4 Å². The number of non-ortho nitro benzene ring substituents is 1. The monoisotopic (exact) mass is 384 g/mol. The SMILES string of the molecule is N#CC(=Cc1ccc(-c2cccc([N+](=O)[O-])c2)o1)c1ccc(Cl)cc1Cl. The molecular weight excluding hydrogens is 375 g/mol. The number of rotatable bonds is 4. The number of hydrogen-bond acceptors (Lipinski definition) is 4. The highest BCUT2D eigenvalue weighted by molar-refractivity contribution is 6.36. The van der Waals surface area contributed by atoms with Crippen LogP contribution >= 0.6 is 23.2 Å². The van der Waals surface area contributed by atoms with Crippen LogP contribution in [0.15, 0.2) is 59.0 Å². The van der Waals surface area contributed by atoms with Crippen LogP contribution in [0, 0.1) is 21.4 Å². The van der Waals surface area contributed by atoms with E-state index in [2.05, 4.69) is 6.07 Å². The zero-order valence-electron chi connectivity index (χ0n) is 13.1. The quantitative estimate of drug-likeness (QED) is 0.303. The van der Waals surface area contributed by atoms with Gasteiger partial charge >= 0.3 is 0 Å². The summed E-state index contributed by atoms with van der Waals surface area (Å²) in [4.78, 5) is 10.4. The lowest BCUT2D eigenvalue weighted by atomic mass is 10.1. The zero-order valence-corrected chi connectivity index (χ0v) is 14.7. The summed E-state index contributed by atoms with van der Waals surface area (Å²) in [5, 5.41) is 21.2. The third kappa shape index (κ3) is 3.77. The molecule has 0 fully saturated rings. The van der Waals surface area contributed by atoms with E-state index in [0.717, 1.165) is 0 Å². The molecule has 0 bridgehead atoms. The molecule has 1 heterocycles. The smallest absolute Gasteiger partial charge is 0.270 e. The Hall–Kier alpha value is -3.07. The van der Waals surface area contributed by atoms with Crippen LogP contribution < -0.4 is 0 Å². The second-order valence-corrected chi connectivity index (χ2v) is 6.15. The van der Waals surface area contributed by atoms with Crippen LogP contribution in [0.3, 0.4) is 0 Å². The Morgan fingerprint density at radius 2 is 1.96 bits per heavy atom. The van der Waals surface area contributed by atoms with E-state index in [4.69, 9.17) is 27.6 Å². The molecular formula is C19H10Cl2N2O3. The van der Waals surface area contributed by atoms with Crippen LogP contribution in [-0.4, -0.2) is 4.92 Å². The van der Waals surface area contributed by atoms with E-state index < -0.39 is 4.92 Å². The maximum atomic E-state index is 10.9. The molecule has 5 nitrogen and oxygen atoms in total. The number of nitro groups is 1. The molecule has 0 aliphatic heterocycles. The predicted molar refractivity (Wildman–Crippen MR) is 101 cm³/mol. The molecule has 128 valence electrons. The molecule has 2 aromatic carbocycles. The van der Waals surface area contributed by atoms with E-state index in [1.54, 1.807) is 48.5 Å². The number of benzene rings is 2. The molecule has 0 saturated carbocycles. The Bertz CT molecular complexity index is 1060. The highest BCUT2D eigenvalue weighted by Gasteiger charge is 2.11. The maximum Gasteiger partial charge on any atom is 0.270 e. The van der Waals surface area contributed by atoms with Crippen molar-refractivity contribution < 1.29 is 9.34 Å². The van der Waals surface area contributed by atoms with Crippen molar-refractivity contribution >= 4 is 40.5 Å². The lowest BCUT2D eigenvalue weighted by Gasteiger charge is -2.02. The molecule has 0 radical (unpaired) electrons. The van der Waals surface area contributed by atoms with Gasteiger partial charge in [0.25, 0.3) is 5.69 Å². The standard InChI is InChI=1S/C19H10Cl2N2O3/c20-14-4-6-17(18(21)10-14)13(11-22)9-16-5-7-19(26-16)12-2-1-3-15(8-12)23(24)25/h1-10H. The number of halogens is 2. The van der Waals surface area contributed by atoms with Gasteiger partial charge in [-0.15, -0.1) is 0 Å². The van der Waals surface area contributed by atoms with E-state index in [0.29, 0.717) is 38.3 Å². The fraction of sp³-hybridized carbons (Fsp3) is 0. The van der Waals surface area contributed by atoms with Crippen LogP contribution in [0.4, 0.5) is 5.69 Å². The molecule has 0 aliphatic rings. The van der Waals surface area contributed by atoms with Crippen molar-refractivity contribution in [1.82, 2.24) is 0 Å². The van der Waals surface area contributed by atoms with Gasteiger partial charge in [-0.1, -0.05) is 41.4 Å². The minimum absolute atomic E-state index is 0.0262. The van der Waals surface area contributed by atoms with Crippen molar-refractivity contribution in [2.45, 2.75) is 0 Å². The largest absolute Gasteiger partial charge is 0.457 e. The molecule has 0 aliphatic carbocycles. The maximum absolute atomic E-state index is 10.9. The summed E-state index contributed by atoms with van der Waals surface area (Å²) in [5.74, 6) is 0.883. The minimum atomic E-state index is -0.469. The molecule has 26 heavy (non-hydrogen) atoms. The Kier molecular flexibility index (Phi) is 5.08. The van der Waals surface area contributed by atoms with Crippen LogP contribution in [0.25, 0.3) is 23.0 Å². The molecule has 3 rings (SSSR count). The first-order valence-electron chi connectivity index (χ1n) is 7.40. The van der Waals surface area contributed by atoms with Gasteiger partial charge in [0.2, 0.25) is 0 Å². The van der Waals surface area contributed by atoms with Crippen LogP contribution in [-0.2, 0) is 0 Å². The third-order valence-corrected chi connectivity index (χ3v) is 4.14. The molecule has 1 aromatic heterocycles. The van der Waals surface area contributed by atoms with Crippen LogP contribution in [0.5, 0.6) is 0 Å². The first kappa shape index (κ1) is 17.7. The van der Waals surface area contributed by atoms with Crippen molar-refractivity contribution in [1.29, 1.82) is 5.26 Å². The molecule has 7 heteroatoms. The average Bonchev–Trinajstić information content (AvgIpc) is 3.09. The van der Waals surface area contributed by atoms with E-state index in [1.165, 1.54) is 12.1 Å². The lowest BCUT2D eigenvalue weighted by Crippen LogP contribution is -1.87. The fourth-order valence-corrected chi connectivity index (χ4v) is 2.89. The normalized spacial score (nSPS) is 11.2. The predicted octanol–water partition coefficient (Wildman–Crippen LogP) is 6.23. The number of nitro benzene ring substituents is 1. The lowest BCUT2D eigenvalue weighted by molar-refractivity contribution is -0.384. The summed E-state index contributed by atoms with van der Waals surface area (Å²) in [6, 6.07) is 16.4. The van der Waals surface area contributed by atoms with Gasteiger partial charge in [-0.3, -0.25) is 10.1 Å². The number of allylic oxidation sites excluding steroid dienone is 1. The van der Waals surface area contributed by atoms with Gasteiger partial charge in [-0.25, -0.2) is 0 Å². The van der Waals surface area contributed by atoms with Gasteiger partial charge in [0.05, 0.1) is 21.6 Å². The number of furan rings is 1. The Labute approximate surface area is 158 Å². The van der Waals surface area contributed by atoms with Crippen LogP contribution in [0.2, 0.25) is 10.0 Å². The summed E-state index contributed by atoms with van der Waals surface area (Å²) in [7, 11) is 0. The molecule has 3 aromatic rings. The van der Waals surface area contributed by atoms with Crippen molar-refractivity contribution in [2.24, 2.45) is 0 Å². The van der Waals surface area contributed by atoms with Crippen LogP contribution in [0.1, 0.15) is 11.3 Å². The molecule has 0 N–H and O–H groups in total. The summed E-state index contributed by atoms with van der Waals surface area (Å²) >= 11 is 12.0. The van der Waals surface area contributed by atoms with E-state index in [1.807, 2.05) is 0 Å². The molecule has 0 amide bonds. The highest BCUT2D eigenvalue weighted by Crippen LogP contribution is 2.30. The van der Waals surface area contributed by atoms with Gasteiger partial charge in [0.1, 0.15) is 11.5 Å². The second kappa shape index (κ2) is 7.44. The number of hydrogen-bond donors (Lipinski definition) is 0. The molecule has 0 spiro atoms. The van der Waals surface area contributed by atoms with Crippen molar-refractivity contribution in [3.63, 3.8) is 0 Å². The molecule has 0 saturated heterocycles. The first-order chi connectivity index (χ1) is 12.5. The number of nitrogens with zero attached hydrogens (tertiary/aromatic N) is 2. The zero-order chi connectivity index (χ0) is 18.7. The minimum Gasteiger partial charge on any atom is -0.457 e. The Balaban J connectivity index is 1.96. The highest BCUT2D eigenvalue weighted by atomic mass is 35.5. The van der Waals surface area contributed by atoms with Crippen molar-refractivity contribution in [3.8, 4) is 17.4 Å². The van der Waals surface area contributed by atoms with Crippen molar-refractivity contribution in [2.75, 3.05) is 0 Å². The topological polar surface area (TPSA) is 80.1 Å². The van der Waals surface area contributed by atoms with Gasteiger partial charge in [-0.05, 0) is 30.3 Å². The summed E-state index contributed by atoms with van der Waals surface area (Å²) in [5.41, 5.74) is 1.39. The van der Waals surface area contributed by atoms with E-state index >= 15 is 0 Å². The van der Waals surface area contributed by atoms with Gasteiger partial charge in [0, 0.05) is 28.3 Å². The molecule has 0 atom stereocenters. The summed E-state index contributed by atoms with van der Waals surface area (Å²) < 4.78 is 5.70. The third-order valence-electron chi connectivity index (χ3n) is 3.60. The second-order valence-electron chi connectivity index (χ2n) is 5.30. The van der Waals surface area contributed by atoms with Gasteiger partial charge in [-0.2, -0.15) is 5.26 Å². The average molecular weight is 385 g/mol. The van der Waals surface area contributed by atoms with Gasteiger partial charge in [0.15, 0.2) is 0 Å². The Morgan fingerprint density at radius 3 is 2.65 bits per heavy atom. The summed E-state index contributed by atoms with van der Waals surface area (Å²) in [6.07, 6.45) is 1.55.